The van der Waals surface area contributed by atoms with E-state index in [0.717, 1.165) is 73.1 Å². The number of piperazine rings is 1. The molecule has 9 heteroatoms. The molecule has 0 saturated carbocycles. The summed E-state index contributed by atoms with van der Waals surface area (Å²) in [5, 5.41) is 11.3. The first-order valence-corrected chi connectivity index (χ1v) is 14.2. The van der Waals surface area contributed by atoms with Gasteiger partial charge >= 0.3 is 0 Å². The van der Waals surface area contributed by atoms with E-state index in [-0.39, 0.29) is 11.9 Å². The molecule has 1 aliphatic heterocycles. The van der Waals surface area contributed by atoms with Gasteiger partial charge in [0, 0.05) is 53.3 Å². The third-order valence-corrected chi connectivity index (χ3v) is 8.25. The highest BCUT2D eigenvalue weighted by atomic mass is 16.5. The van der Waals surface area contributed by atoms with Crippen LogP contribution in [0.15, 0.2) is 53.1 Å². The lowest BCUT2D eigenvalue weighted by atomic mass is 9.94. The zero-order valence-corrected chi connectivity index (χ0v) is 24.3. The van der Waals surface area contributed by atoms with Gasteiger partial charge < -0.3 is 24.5 Å². The van der Waals surface area contributed by atoms with Crippen LogP contribution >= 0.6 is 0 Å². The predicted molar refractivity (Wildman–Crippen MR) is 164 cm³/mol. The van der Waals surface area contributed by atoms with Crippen LogP contribution in [0.25, 0.3) is 55.1 Å². The average molecular weight is 561 g/mol. The van der Waals surface area contributed by atoms with Crippen molar-refractivity contribution in [1.82, 2.24) is 30.3 Å². The highest BCUT2D eigenvalue weighted by Gasteiger charge is 2.25. The monoisotopic (exact) mass is 560 g/mol. The van der Waals surface area contributed by atoms with Crippen molar-refractivity contribution >= 4 is 38.6 Å². The van der Waals surface area contributed by atoms with E-state index in [1.165, 1.54) is 0 Å². The summed E-state index contributed by atoms with van der Waals surface area (Å²) in [5.74, 6) is 2.15. The lowest BCUT2D eigenvalue weighted by Gasteiger charge is -2.32. The standard InChI is InChI=1S/C33H32N6O3/c1-17-16-39(13-12-34-17)33(40)24-11-10-23(21-8-6-7-9-22(21)24)31-30-25-15-28(41-5)26(29-18(2)38-42-19(29)3)14-27(25)37-32(30)36-20(4)35-31/h6-11,14-15,17,34H,12-13,16H2,1-5H3,(H,35,36,37). The van der Waals surface area contributed by atoms with Crippen molar-refractivity contribution in [3.8, 4) is 28.1 Å². The van der Waals surface area contributed by atoms with Crippen LogP contribution in [0.5, 0.6) is 5.75 Å². The van der Waals surface area contributed by atoms with Crippen molar-refractivity contribution in [2.24, 2.45) is 0 Å². The highest BCUT2D eigenvalue weighted by Crippen LogP contribution is 2.42. The van der Waals surface area contributed by atoms with E-state index in [1.807, 2.05) is 62.1 Å². The molecule has 0 radical (unpaired) electrons. The zero-order valence-electron chi connectivity index (χ0n) is 24.3. The second-order valence-electron chi connectivity index (χ2n) is 11.1. The van der Waals surface area contributed by atoms with E-state index >= 15 is 0 Å². The van der Waals surface area contributed by atoms with Crippen molar-refractivity contribution in [2.75, 3.05) is 26.7 Å². The third kappa shape index (κ3) is 4.11. The number of hydrogen-bond acceptors (Lipinski definition) is 7. The van der Waals surface area contributed by atoms with Crippen molar-refractivity contribution < 1.29 is 14.1 Å². The minimum Gasteiger partial charge on any atom is -0.496 e. The second kappa shape index (κ2) is 9.95. The van der Waals surface area contributed by atoms with Gasteiger partial charge in [-0.15, -0.1) is 0 Å². The molecule has 0 bridgehead atoms. The maximum atomic E-state index is 13.7. The van der Waals surface area contributed by atoms with Crippen LogP contribution in [0.4, 0.5) is 0 Å². The van der Waals surface area contributed by atoms with E-state index in [9.17, 15) is 4.79 Å². The summed E-state index contributed by atoms with van der Waals surface area (Å²) in [6.45, 7) is 10.0. The van der Waals surface area contributed by atoms with Gasteiger partial charge in [-0.2, -0.15) is 0 Å². The molecule has 1 saturated heterocycles. The van der Waals surface area contributed by atoms with Crippen LogP contribution in [-0.4, -0.2) is 63.7 Å². The molecule has 1 fully saturated rings. The molecule has 2 N–H and O–H groups in total. The van der Waals surface area contributed by atoms with Crippen molar-refractivity contribution in [3.05, 3.63) is 71.4 Å². The largest absolute Gasteiger partial charge is 0.496 e. The Kier molecular flexibility index (Phi) is 6.20. The molecule has 9 nitrogen and oxygen atoms in total. The van der Waals surface area contributed by atoms with Crippen LogP contribution in [-0.2, 0) is 0 Å². The Morgan fingerprint density at radius 3 is 2.57 bits per heavy atom. The maximum Gasteiger partial charge on any atom is 0.254 e. The summed E-state index contributed by atoms with van der Waals surface area (Å²) in [5.41, 5.74) is 6.72. The summed E-state index contributed by atoms with van der Waals surface area (Å²) in [6.07, 6.45) is 0. The van der Waals surface area contributed by atoms with Gasteiger partial charge in [0.2, 0.25) is 0 Å². The number of nitrogens with one attached hydrogen (secondary N) is 2. The number of benzene rings is 3. The number of methoxy groups -OCH3 is 1. The lowest BCUT2D eigenvalue weighted by Crippen LogP contribution is -2.51. The summed E-state index contributed by atoms with van der Waals surface area (Å²) in [6, 6.07) is 16.4. The number of aromatic nitrogens is 4. The van der Waals surface area contributed by atoms with Crippen LogP contribution in [0, 0.1) is 20.8 Å². The highest BCUT2D eigenvalue weighted by molar-refractivity contribution is 6.17. The molecule has 1 unspecified atom stereocenters. The molecule has 212 valence electrons. The Balaban J connectivity index is 1.45. The van der Waals surface area contributed by atoms with E-state index in [4.69, 9.17) is 19.2 Å². The molecule has 1 atom stereocenters. The fraction of sp³-hybridized carbons (Fsp3) is 0.273. The number of aromatic amines is 1. The van der Waals surface area contributed by atoms with Gasteiger partial charge in [0.05, 0.1) is 29.4 Å². The van der Waals surface area contributed by atoms with E-state index < -0.39 is 0 Å². The van der Waals surface area contributed by atoms with Crippen LogP contribution in [0.3, 0.4) is 0 Å². The van der Waals surface area contributed by atoms with Gasteiger partial charge in [0.15, 0.2) is 0 Å². The molecule has 3 aromatic heterocycles. The molecule has 0 spiro atoms. The van der Waals surface area contributed by atoms with Crippen LogP contribution in [0.2, 0.25) is 0 Å². The Hall–Kier alpha value is -4.76. The maximum absolute atomic E-state index is 13.7. The Bertz CT molecular complexity index is 2000. The van der Waals surface area contributed by atoms with Crippen LogP contribution < -0.4 is 10.1 Å². The molecule has 1 amide bonds. The van der Waals surface area contributed by atoms with E-state index in [1.54, 1.807) is 7.11 Å². The quantitative estimate of drug-likeness (QED) is 0.274. The number of carbonyl (C=O) groups is 1. The molecule has 4 heterocycles. The molecule has 7 rings (SSSR count). The number of fused-ring (bicyclic) bond motifs is 4. The zero-order chi connectivity index (χ0) is 29.1. The topological polar surface area (TPSA) is 109 Å². The second-order valence-corrected chi connectivity index (χ2v) is 11.1. The summed E-state index contributed by atoms with van der Waals surface area (Å²) in [7, 11) is 1.67. The van der Waals surface area contributed by atoms with Gasteiger partial charge in [-0.25, -0.2) is 9.97 Å². The number of aryl methyl sites for hydroxylation is 3. The number of carbonyl (C=O) groups excluding carboxylic acids is 1. The van der Waals surface area contributed by atoms with Crippen LogP contribution in [0.1, 0.15) is 34.6 Å². The van der Waals surface area contributed by atoms with Gasteiger partial charge in [-0.3, -0.25) is 4.79 Å². The third-order valence-electron chi connectivity index (χ3n) is 8.25. The Labute approximate surface area is 242 Å². The molecule has 3 aromatic carbocycles. The van der Waals surface area contributed by atoms with E-state index in [0.29, 0.717) is 30.2 Å². The van der Waals surface area contributed by atoms with Crippen molar-refractivity contribution in [1.29, 1.82) is 0 Å². The van der Waals surface area contributed by atoms with E-state index in [2.05, 4.69) is 34.5 Å². The first-order valence-electron chi connectivity index (χ1n) is 14.2. The van der Waals surface area contributed by atoms with Gasteiger partial charge in [0.1, 0.15) is 23.0 Å². The lowest BCUT2D eigenvalue weighted by molar-refractivity contribution is 0.0711. The molecular weight excluding hydrogens is 528 g/mol. The fourth-order valence-electron chi connectivity index (χ4n) is 6.34. The Morgan fingerprint density at radius 2 is 1.83 bits per heavy atom. The molecular formula is C33H32N6O3. The number of nitrogens with zero attached hydrogens (tertiary/aromatic N) is 4. The fourth-order valence-corrected chi connectivity index (χ4v) is 6.34. The number of rotatable bonds is 4. The summed E-state index contributed by atoms with van der Waals surface area (Å²) >= 11 is 0. The predicted octanol–water partition coefficient (Wildman–Crippen LogP) is 5.95. The van der Waals surface area contributed by atoms with Crippen molar-refractivity contribution in [2.45, 2.75) is 33.7 Å². The first kappa shape index (κ1) is 26.2. The first-order chi connectivity index (χ1) is 20.3. The van der Waals surface area contributed by atoms with Gasteiger partial charge in [-0.1, -0.05) is 35.5 Å². The molecule has 6 aromatic rings. The van der Waals surface area contributed by atoms with Crippen molar-refractivity contribution in [3.63, 3.8) is 0 Å². The number of H-pyrrole nitrogens is 1. The van der Waals surface area contributed by atoms with Gasteiger partial charge in [0.25, 0.3) is 5.91 Å². The molecule has 1 aliphatic rings. The smallest absolute Gasteiger partial charge is 0.254 e. The average Bonchev–Trinajstić information content (AvgIpc) is 3.52. The summed E-state index contributed by atoms with van der Waals surface area (Å²) in [4.78, 5) is 28.9. The van der Waals surface area contributed by atoms with Gasteiger partial charge in [-0.05, 0) is 56.7 Å². The number of ether oxygens (including phenoxy) is 1. The summed E-state index contributed by atoms with van der Waals surface area (Å²) < 4.78 is 11.3. The normalized spacial score (nSPS) is 15.6. The number of hydrogen-bond donors (Lipinski definition) is 2. The number of amides is 1. The SMILES string of the molecule is COc1cc2c(cc1-c1c(C)noc1C)[nH]c1nc(C)nc(-c3ccc(C(=O)N4CCNC(C)C4)c4ccccc34)c12. The minimum atomic E-state index is 0.0544. The Morgan fingerprint density at radius 1 is 1.02 bits per heavy atom. The molecule has 0 aliphatic carbocycles. The minimum absolute atomic E-state index is 0.0544. The molecule has 42 heavy (non-hydrogen) atoms.